The molecule has 32 heavy (non-hydrogen) atoms. The smallest absolute Gasteiger partial charge is 0.255 e. The van der Waals surface area contributed by atoms with Crippen molar-refractivity contribution < 1.29 is 9.47 Å². The summed E-state index contributed by atoms with van der Waals surface area (Å²) in [5.74, 6) is 1.25. The van der Waals surface area contributed by atoms with E-state index in [1.54, 1.807) is 14.2 Å². The molecule has 1 N–H and O–H groups in total. The molecule has 0 radical (unpaired) electrons. The number of aryl methyl sites for hydroxylation is 1. The first-order chi connectivity index (χ1) is 15.6. The highest BCUT2D eigenvalue weighted by atomic mass is 16.5. The van der Waals surface area contributed by atoms with Gasteiger partial charge in [0.2, 0.25) is 0 Å². The number of nitrogens with zero attached hydrogens (tertiary/aromatic N) is 1. The number of rotatable bonds is 8. The van der Waals surface area contributed by atoms with Crippen LogP contribution in [0.4, 0.5) is 0 Å². The number of benzene rings is 3. The molecule has 3 aromatic carbocycles. The number of fused-ring (bicyclic) bond motifs is 1. The van der Waals surface area contributed by atoms with E-state index in [4.69, 9.17) is 9.47 Å². The first-order valence-corrected chi connectivity index (χ1v) is 10.7. The maximum atomic E-state index is 13.5. The topological polar surface area (TPSA) is 52.5 Å². The van der Waals surface area contributed by atoms with Gasteiger partial charge in [-0.2, -0.15) is 0 Å². The van der Waals surface area contributed by atoms with Crippen LogP contribution in [0.15, 0.2) is 77.6 Å². The number of hydrogen-bond acceptors (Lipinski definition) is 4. The molecule has 0 unspecified atom stereocenters. The van der Waals surface area contributed by atoms with E-state index in [0.717, 1.165) is 16.5 Å². The molecular weight excluding hydrogens is 400 g/mol. The molecule has 0 bridgehead atoms. The van der Waals surface area contributed by atoms with E-state index < -0.39 is 0 Å². The van der Waals surface area contributed by atoms with Gasteiger partial charge in [-0.1, -0.05) is 60.2 Å². The van der Waals surface area contributed by atoms with Gasteiger partial charge in [0.25, 0.3) is 5.56 Å². The first kappa shape index (κ1) is 21.7. The Bertz CT molecular complexity index is 1260. The van der Waals surface area contributed by atoms with Crippen LogP contribution in [0.2, 0.25) is 0 Å². The van der Waals surface area contributed by atoms with Gasteiger partial charge in [-0.05, 0) is 30.2 Å². The fraction of sp³-hybridized carbons (Fsp3) is 0.222. The van der Waals surface area contributed by atoms with Crippen molar-refractivity contribution in [1.29, 1.82) is 0 Å². The third-order valence-electron chi connectivity index (χ3n) is 5.62. The molecule has 0 saturated carbocycles. The fourth-order valence-corrected chi connectivity index (χ4v) is 3.86. The Balaban J connectivity index is 1.75. The molecule has 0 aliphatic carbocycles. The fourth-order valence-electron chi connectivity index (χ4n) is 3.86. The molecule has 0 aliphatic rings. The predicted octanol–water partition coefficient (Wildman–Crippen LogP) is 4.67. The molecule has 5 heteroatoms. The lowest BCUT2D eigenvalue weighted by Gasteiger charge is -2.16. The summed E-state index contributed by atoms with van der Waals surface area (Å²) in [6, 6.07) is 24.2. The lowest BCUT2D eigenvalue weighted by molar-refractivity contribution is 0.355. The molecule has 0 spiro atoms. The third-order valence-corrected chi connectivity index (χ3v) is 5.62. The normalized spacial score (nSPS) is 11.0. The quantitative estimate of drug-likeness (QED) is 0.443. The van der Waals surface area contributed by atoms with E-state index in [1.165, 1.54) is 11.1 Å². The second-order valence-electron chi connectivity index (χ2n) is 7.90. The summed E-state index contributed by atoms with van der Waals surface area (Å²) in [7, 11) is 3.22. The van der Waals surface area contributed by atoms with E-state index in [2.05, 4.69) is 48.6 Å². The highest BCUT2D eigenvalue weighted by Crippen LogP contribution is 2.32. The second kappa shape index (κ2) is 9.71. The average Bonchev–Trinajstić information content (AvgIpc) is 2.82. The van der Waals surface area contributed by atoms with Crippen molar-refractivity contribution in [3.8, 4) is 11.5 Å². The second-order valence-corrected chi connectivity index (χ2v) is 7.90. The standard InChI is InChI=1S/C27H28N2O3/c1-19-9-11-21(12-10-19)18-29-24-15-26(32-3)25(31-2)14-22(24)13-23(27(29)30)17-28-16-20-7-5-4-6-8-20/h4-15,28H,16-18H2,1-3H3. The van der Waals surface area contributed by atoms with Gasteiger partial charge in [0, 0.05) is 30.1 Å². The molecule has 5 nitrogen and oxygen atoms in total. The molecule has 0 amide bonds. The Hall–Kier alpha value is -3.57. The van der Waals surface area contributed by atoms with E-state index in [9.17, 15) is 4.79 Å². The van der Waals surface area contributed by atoms with E-state index >= 15 is 0 Å². The van der Waals surface area contributed by atoms with Crippen molar-refractivity contribution in [3.05, 3.63) is 105 Å². The summed E-state index contributed by atoms with van der Waals surface area (Å²) in [6.07, 6.45) is 0. The average molecular weight is 429 g/mol. The zero-order valence-corrected chi connectivity index (χ0v) is 18.7. The zero-order chi connectivity index (χ0) is 22.5. The minimum absolute atomic E-state index is 0.00847. The Kier molecular flexibility index (Phi) is 6.57. The Morgan fingerprint density at radius 3 is 2.19 bits per heavy atom. The molecule has 4 aromatic rings. The molecule has 0 aliphatic heterocycles. The van der Waals surface area contributed by atoms with E-state index in [1.807, 2.05) is 41.0 Å². The van der Waals surface area contributed by atoms with Crippen LogP contribution in [-0.4, -0.2) is 18.8 Å². The summed E-state index contributed by atoms with van der Waals surface area (Å²) in [4.78, 5) is 13.5. The number of methoxy groups -OCH3 is 2. The molecule has 164 valence electrons. The number of pyridine rings is 1. The van der Waals surface area contributed by atoms with E-state index in [0.29, 0.717) is 36.7 Å². The zero-order valence-electron chi connectivity index (χ0n) is 18.7. The number of ether oxygens (including phenoxy) is 2. The molecular formula is C27H28N2O3. The summed E-state index contributed by atoms with van der Waals surface area (Å²) in [6.45, 7) is 3.72. The van der Waals surface area contributed by atoms with Crippen LogP contribution < -0.4 is 20.3 Å². The molecule has 0 saturated heterocycles. The highest BCUT2D eigenvalue weighted by Gasteiger charge is 2.14. The summed E-state index contributed by atoms with van der Waals surface area (Å²) in [5.41, 5.74) is 4.97. The van der Waals surface area contributed by atoms with Gasteiger partial charge in [-0.25, -0.2) is 0 Å². The maximum absolute atomic E-state index is 13.5. The molecule has 4 rings (SSSR count). The van der Waals surface area contributed by atoms with Crippen molar-refractivity contribution in [2.24, 2.45) is 0 Å². The minimum atomic E-state index is -0.00847. The van der Waals surface area contributed by atoms with Crippen LogP contribution in [0.3, 0.4) is 0 Å². The number of aromatic nitrogens is 1. The van der Waals surface area contributed by atoms with Crippen molar-refractivity contribution in [3.63, 3.8) is 0 Å². The molecule has 1 heterocycles. The molecule has 0 fully saturated rings. The summed E-state index contributed by atoms with van der Waals surface area (Å²) < 4.78 is 12.8. The van der Waals surface area contributed by atoms with E-state index in [-0.39, 0.29) is 5.56 Å². The van der Waals surface area contributed by atoms with Crippen molar-refractivity contribution in [2.45, 2.75) is 26.6 Å². The largest absolute Gasteiger partial charge is 0.493 e. The minimum Gasteiger partial charge on any atom is -0.493 e. The van der Waals surface area contributed by atoms with Gasteiger partial charge in [-0.3, -0.25) is 4.79 Å². The van der Waals surface area contributed by atoms with Crippen LogP contribution >= 0.6 is 0 Å². The number of hydrogen-bond donors (Lipinski definition) is 1. The van der Waals surface area contributed by atoms with Crippen molar-refractivity contribution >= 4 is 10.9 Å². The molecule has 1 aromatic heterocycles. The Morgan fingerprint density at radius 1 is 0.812 bits per heavy atom. The summed E-state index contributed by atoms with van der Waals surface area (Å²) in [5, 5.41) is 4.34. The third kappa shape index (κ3) is 4.68. The highest BCUT2D eigenvalue weighted by molar-refractivity contribution is 5.84. The first-order valence-electron chi connectivity index (χ1n) is 10.7. The van der Waals surface area contributed by atoms with Gasteiger partial charge < -0.3 is 19.4 Å². The van der Waals surface area contributed by atoms with Gasteiger partial charge in [0.05, 0.1) is 26.3 Å². The van der Waals surface area contributed by atoms with Crippen LogP contribution in [0.1, 0.15) is 22.3 Å². The van der Waals surface area contributed by atoms with Crippen LogP contribution in [-0.2, 0) is 19.6 Å². The van der Waals surface area contributed by atoms with Gasteiger partial charge >= 0.3 is 0 Å². The van der Waals surface area contributed by atoms with Crippen LogP contribution in [0, 0.1) is 6.92 Å². The number of nitrogens with one attached hydrogen (secondary N) is 1. The monoisotopic (exact) mass is 428 g/mol. The van der Waals surface area contributed by atoms with Crippen molar-refractivity contribution in [1.82, 2.24) is 9.88 Å². The molecule has 0 atom stereocenters. The van der Waals surface area contributed by atoms with Gasteiger partial charge in [-0.15, -0.1) is 0 Å². The predicted molar refractivity (Wildman–Crippen MR) is 129 cm³/mol. The maximum Gasteiger partial charge on any atom is 0.255 e. The SMILES string of the molecule is COc1cc2cc(CNCc3ccccc3)c(=O)n(Cc3ccc(C)cc3)c2cc1OC. The lowest BCUT2D eigenvalue weighted by atomic mass is 10.1. The van der Waals surface area contributed by atoms with Crippen LogP contribution in [0.5, 0.6) is 11.5 Å². The van der Waals surface area contributed by atoms with Crippen molar-refractivity contribution in [2.75, 3.05) is 14.2 Å². The lowest BCUT2D eigenvalue weighted by Crippen LogP contribution is -2.28. The van der Waals surface area contributed by atoms with Crippen LogP contribution in [0.25, 0.3) is 10.9 Å². The summed E-state index contributed by atoms with van der Waals surface area (Å²) >= 11 is 0. The van der Waals surface area contributed by atoms with Gasteiger partial charge in [0.15, 0.2) is 11.5 Å². The Labute approximate surface area is 188 Å². The van der Waals surface area contributed by atoms with Gasteiger partial charge in [0.1, 0.15) is 0 Å². The Morgan fingerprint density at radius 2 is 1.50 bits per heavy atom.